The van der Waals surface area contributed by atoms with Crippen molar-refractivity contribution in [1.29, 1.82) is 0 Å². The zero-order valence-electron chi connectivity index (χ0n) is 38.6. The maximum atomic E-state index is 15.2. The van der Waals surface area contributed by atoms with Crippen molar-refractivity contribution in [3.63, 3.8) is 0 Å². The van der Waals surface area contributed by atoms with Crippen LogP contribution in [-0.2, 0) is 45.8 Å². The first-order chi connectivity index (χ1) is 30.8. The molecule has 0 aliphatic rings. The number of aromatic nitrogens is 3. The number of hydrogen-bond acceptors (Lipinski definition) is 9. The molecule has 0 spiro atoms. The van der Waals surface area contributed by atoms with E-state index in [0.29, 0.717) is 58.9 Å². The highest BCUT2D eigenvalue weighted by atomic mass is 28.3. The van der Waals surface area contributed by atoms with Crippen LogP contribution in [0.25, 0.3) is 0 Å². The van der Waals surface area contributed by atoms with Crippen molar-refractivity contribution in [2.24, 2.45) is 0 Å². The van der Waals surface area contributed by atoms with Gasteiger partial charge < -0.3 is 26.6 Å². The van der Waals surface area contributed by atoms with Gasteiger partial charge in [-0.05, 0) is 93.7 Å². The molecule has 12 nitrogen and oxygen atoms in total. The minimum Gasteiger partial charge on any atom is -0.392 e. The van der Waals surface area contributed by atoms with E-state index in [9.17, 15) is 0 Å². The van der Waals surface area contributed by atoms with Crippen LogP contribution in [-0.4, -0.2) is 81.2 Å². The normalized spacial score (nSPS) is 13.3. The molecule has 0 N–H and O–H groups in total. The molecule has 0 saturated heterocycles. The van der Waals surface area contributed by atoms with Gasteiger partial charge in [-0.2, -0.15) is 0 Å². The number of benzene rings is 3. The minimum atomic E-state index is -2.28. The third-order valence-electron chi connectivity index (χ3n) is 10.6. The number of rotatable bonds is 33. The predicted octanol–water partition coefficient (Wildman–Crippen LogP) is 8.34. The fourth-order valence-corrected chi connectivity index (χ4v) is 13.3. The van der Waals surface area contributed by atoms with Crippen molar-refractivity contribution >= 4 is 27.9 Å². The lowest BCUT2D eigenvalue weighted by atomic mass is 10.1. The average molecular weight is 919 g/mol. The van der Waals surface area contributed by atoms with E-state index in [2.05, 4.69) is 36.4 Å². The van der Waals surface area contributed by atoms with Crippen LogP contribution in [0.4, 0.5) is 0 Å². The summed E-state index contributed by atoms with van der Waals surface area (Å²) < 4.78 is 42.8. The van der Waals surface area contributed by atoms with Crippen LogP contribution in [0.3, 0.4) is 0 Å². The zero-order valence-corrected chi connectivity index (χ0v) is 41.6. The van der Waals surface area contributed by atoms with Crippen molar-refractivity contribution < 1.29 is 26.6 Å². The molecule has 3 unspecified atom stereocenters. The van der Waals surface area contributed by atoms with Crippen molar-refractivity contribution in [1.82, 2.24) is 13.7 Å². The summed E-state index contributed by atoms with van der Waals surface area (Å²) in [6.45, 7) is 14.3. The van der Waals surface area contributed by atoms with Crippen molar-refractivity contribution in [2.45, 2.75) is 136 Å². The Balaban J connectivity index is 1.81. The van der Waals surface area contributed by atoms with Crippen molar-refractivity contribution in [2.75, 3.05) is 39.6 Å². The van der Waals surface area contributed by atoms with Crippen LogP contribution in [0.2, 0.25) is 0 Å². The van der Waals surface area contributed by atoms with Crippen LogP contribution >= 0.6 is 0 Å². The Morgan fingerprint density at radius 3 is 0.841 bits per heavy atom. The lowest BCUT2D eigenvalue weighted by molar-refractivity contribution is 0.163. The molecule has 3 aromatic carbocycles. The summed E-state index contributed by atoms with van der Waals surface area (Å²) in [4.78, 5) is 45.7. The van der Waals surface area contributed by atoms with Crippen molar-refractivity contribution in [3.05, 3.63) is 139 Å². The summed E-state index contributed by atoms with van der Waals surface area (Å²) in [5.74, 6) is 0. The highest BCUT2D eigenvalue weighted by Crippen LogP contribution is 2.21. The fraction of sp³-hybridized carbons (Fsp3) is 0.562. The van der Waals surface area contributed by atoms with Gasteiger partial charge in [-0.3, -0.25) is 0 Å². The molecule has 0 aliphatic carbocycles. The summed E-state index contributed by atoms with van der Waals surface area (Å²) in [6.07, 6.45) is 7.98. The second-order valence-electron chi connectivity index (χ2n) is 15.5. The van der Waals surface area contributed by atoms with Crippen molar-refractivity contribution in [3.8, 4) is 0 Å². The maximum absolute atomic E-state index is 15.2. The van der Waals surface area contributed by atoms with E-state index in [0.717, 1.165) is 57.8 Å². The van der Waals surface area contributed by atoms with E-state index >= 15 is 14.4 Å². The first-order valence-corrected chi connectivity index (χ1v) is 27.5. The number of hydrogen-bond donors (Lipinski definition) is 0. The topological polar surface area (TPSA) is 121 Å². The standard InChI is InChI=1S/C48H72N3O9Si3/c1-7-34-55-61(58-37-22-31-40-25-16-13-17-26-40)43(10-4)49-46(52)50(44(11-5)62(56-35-8-2)59-38-23-32-41-27-18-14-19-28-41)48(54)51(47(49)53)45(12-6)63(57-36-9-3)60-39-24-33-42-29-20-15-21-30-42/h13-21,25-30,43-45H,7-12,22-24,31-39H2,1-6H3. The van der Waals surface area contributed by atoms with Gasteiger partial charge in [-0.1, -0.05) is 133 Å². The van der Waals surface area contributed by atoms with Crippen LogP contribution in [0.5, 0.6) is 0 Å². The smallest absolute Gasteiger partial charge is 0.392 e. The molecule has 0 aliphatic heterocycles. The van der Waals surface area contributed by atoms with E-state index < -0.39 is 61.9 Å². The summed E-state index contributed by atoms with van der Waals surface area (Å²) in [7, 11) is -6.85. The average Bonchev–Trinajstić information content (AvgIpc) is 3.31. The molecule has 3 radical (unpaired) electrons. The van der Waals surface area contributed by atoms with Gasteiger partial charge in [-0.15, -0.1) is 0 Å². The number of aryl methyl sites for hydroxylation is 3. The predicted molar refractivity (Wildman–Crippen MR) is 255 cm³/mol. The second kappa shape index (κ2) is 29.8. The van der Waals surface area contributed by atoms with E-state index in [-0.39, 0.29) is 0 Å². The van der Waals surface area contributed by atoms with Gasteiger partial charge in [0.25, 0.3) is 0 Å². The fourth-order valence-electron chi connectivity index (χ4n) is 7.35. The SMILES string of the molecule is CCCO[Si](OCCCc1ccccc1)C(CC)n1c(=O)n(C(CC)[Si](OCCC)OCCCc2ccccc2)c(=O)n(C(CC)[Si](OCCC)OCCCc2ccccc2)c1=O. The van der Waals surface area contributed by atoms with E-state index in [1.807, 2.05) is 96.1 Å². The highest BCUT2D eigenvalue weighted by molar-refractivity contribution is 6.46. The summed E-state index contributed by atoms with van der Waals surface area (Å²) in [5, 5.41) is 0. The van der Waals surface area contributed by atoms with E-state index in [4.69, 9.17) is 26.6 Å². The first kappa shape index (κ1) is 52.1. The minimum absolute atomic E-state index is 0.373. The molecule has 15 heteroatoms. The van der Waals surface area contributed by atoms with Gasteiger partial charge in [0.05, 0.1) is 17.0 Å². The quantitative estimate of drug-likeness (QED) is 0.0343. The van der Waals surface area contributed by atoms with E-state index in [1.54, 1.807) is 0 Å². The summed E-state index contributed by atoms with van der Waals surface area (Å²) in [6, 6.07) is 30.7. The molecular weight excluding hydrogens is 847 g/mol. The Morgan fingerprint density at radius 2 is 0.619 bits per heavy atom. The zero-order chi connectivity index (χ0) is 45.2. The second-order valence-corrected chi connectivity index (χ2v) is 21.2. The van der Waals surface area contributed by atoms with E-state index in [1.165, 1.54) is 30.4 Å². The Morgan fingerprint density at radius 1 is 0.381 bits per heavy atom. The third-order valence-corrected chi connectivity index (χ3v) is 17.1. The molecule has 345 valence electrons. The molecule has 1 aromatic heterocycles. The molecule has 0 saturated carbocycles. The first-order valence-electron chi connectivity index (χ1n) is 23.3. The molecule has 63 heavy (non-hydrogen) atoms. The number of nitrogens with zero attached hydrogens (tertiary/aromatic N) is 3. The van der Waals surface area contributed by atoms with Crippen LogP contribution in [0.1, 0.15) is 133 Å². The van der Waals surface area contributed by atoms with Gasteiger partial charge >= 0.3 is 44.9 Å². The van der Waals surface area contributed by atoms with Gasteiger partial charge in [0.15, 0.2) is 0 Å². The molecule has 3 atom stereocenters. The van der Waals surface area contributed by atoms with Gasteiger partial charge in [-0.25, -0.2) is 28.1 Å². The summed E-state index contributed by atoms with van der Waals surface area (Å²) in [5.41, 5.74) is -0.732. The monoisotopic (exact) mass is 918 g/mol. The summed E-state index contributed by atoms with van der Waals surface area (Å²) >= 11 is 0. The lowest BCUT2D eigenvalue weighted by Crippen LogP contribution is -2.62. The maximum Gasteiger partial charge on any atom is 0.410 e. The van der Waals surface area contributed by atoms with Gasteiger partial charge in [0.2, 0.25) is 0 Å². The highest BCUT2D eigenvalue weighted by Gasteiger charge is 2.40. The Bertz CT molecular complexity index is 1750. The van der Waals surface area contributed by atoms with Crippen LogP contribution < -0.4 is 17.1 Å². The molecule has 0 amide bonds. The Hall–Kier alpha value is -3.52. The van der Waals surface area contributed by atoms with Gasteiger partial charge in [0.1, 0.15) is 0 Å². The molecule has 4 aromatic rings. The molecule has 1 heterocycles. The Labute approximate surface area is 381 Å². The van der Waals surface area contributed by atoms with Crippen LogP contribution in [0.15, 0.2) is 105 Å². The largest absolute Gasteiger partial charge is 0.410 e. The molecule has 0 bridgehead atoms. The Kier molecular flexibility index (Phi) is 24.7. The molecule has 0 fully saturated rings. The van der Waals surface area contributed by atoms with Gasteiger partial charge in [0, 0.05) is 39.6 Å². The lowest BCUT2D eigenvalue weighted by Gasteiger charge is -2.31. The molecular formula is C48H72N3O9Si3. The van der Waals surface area contributed by atoms with Crippen LogP contribution in [0, 0.1) is 0 Å². The molecule has 4 rings (SSSR count). The third kappa shape index (κ3) is 16.1.